The summed E-state index contributed by atoms with van der Waals surface area (Å²) in [6.07, 6.45) is 4.16. The van der Waals surface area contributed by atoms with E-state index in [-0.39, 0.29) is 49.6 Å². The maximum Gasteiger partial charge on any atom is 0.257 e. The summed E-state index contributed by atoms with van der Waals surface area (Å²) in [5, 5.41) is 0. The van der Waals surface area contributed by atoms with Gasteiger partial charge >= 0.3 is 0 Å². The zero-order chi connectivity index (χ0) is 25.2. The van der Waals surface area contributed by atoms with Crippen LogP contribution in [0.2, 0.25) is 0 Å². The smallest absolute Gasteiger partial charge is 0.257 e. The Morgan fingerprint density at radius 3 is 2.36 bits per heavy atom. The van der Waals surface area contributed by atoms with Crippen molar-refractivity contribution in [3.63, 3.8) is 0 Å². The fraction of sp³-hybridized carbons (Fsp3) is 0.346. The Labute approximate surface area is 208 Å². The third-order valence-corrected chi connectivity index (χ3v) is 6.59. The van der Waals surface area contributed by atoms with Crippen molar-refractivity contribution in [3.8, 4) is 5.75 Å². The number of hydrogen-bond donors (Lipinski definition) is 0. The van der Waals surface area contributed by atoms with Crippen molar-refractivity contribution in [2.45, 2.75) is 26.4 Å². The molecule has 0 N–H and O–H groups in total. The van der Waals surface area contributed by atoms with Gasteiger partial charge in [-0.1, -0.05) is 18.2 Å². The molecule has 0 unspecified atom stereocenters. The van der Waals surface area contributed by atoms with E-state index in [1.165, 1.54) is 0 Å². The zero-order valence-electron chi connectivity index (χ0n) is 20.1. The summed E-state index contributed by atoms with van der Waals surface area (Å²) in [4.78, 5) is 58.4. The van der Waals surface area contributed by atoms with Gasteiger partial charge in [0.05, 0.1) is 11.3 Å². The van der Waals surface area contributed by atoms with Crippen LogP contribution in [0.15, 0.2) is 48.8 Å². The van der Waals surface area contributed by atoms with E-state index in [0.29, 0.717) is 37.5 Å². The lowest BCUT2D eigenvalue weighted by molar-refractivity contribution is -0.146. The minimum atomic E-state index is -0.308. The van der Waals surface area contributed by atoms with Crippen LogP contribution in [-0.2, 0) is 21.0 Å². The van der Waals surface area contributed by atoms with Crippen molar-refractivity contribution in [2.75, 3.05) is 32.7 Å². The number of fused-ring (bicyclic) bond motifs is 1. The van der Waals surface area contributed by atoms with Crippen LogP contribution < -0.4 is 4.74 Å². The van der Waals surface area contributed by atoms with Gasteiger partial charge in [0.2, 0.25) is 17.7 Å². The van der Waals surface area contributed by atoms with Crippen LogP contribution >= 0.6 is 0 Å². The number of amides is 4. The molecule has 10 nitrogen and oxygen atoms in total. The van der Waals surface area contributed by atoms with Crippen LogP contribution in [0.25, 0.3) is 5.65 Å². The third-order valence-electron chi connectivity index (χ3n) is 6.59. The Hall–Kier alpha value is -4.21. The first kappa shape index (κ1) is 23.5. The molecule has 10 heteroatoms. The second kappa shape index (κ2) is 9.80. The van der Waals surface area contributed by atoms with E-state index in [1.807, 2.05) is 41.9 Å². The van der Waals surface area contributed by atoms with Gasteiger partial charge in [-0.2, -0.15) is 0 Å². The summed E-state index contributed by atoms with van der Waals surface area (Å²) in [6, 6.07) is 11.1. The Morgan fingerprint density at radius 1 is 0.944 bits per heavy atom. The molecule has 0 atom stereocenters. The summed E-state index contributed by atoms with van der Waals surface area (Å²) < 4.78 is 7.95. The van der Waals surface area contributed by atoms with Crippen molar-refractivity contribution in [2.24, 2.45) is 0 Å². The number of carbonyl (C=O) groups excluding carboxylic acids is 4. The molecule has 5 rings (SSSR count). The summed E-state index contributed by atoms with van der Waals surface area (Å²) in [6.45, 7) is 3.38. The van der Waals surface area contributed by atoms with E-state index in [9.17, 15) is 19.2 Å². The molecule has 0 aliphatic carbocycles. The average Bonchev–Trinajstić information content (AvgIpc) is 3.46. The number of imide groups is 1. The van der Waals surface area contributed by atoms with Crippen molar-refractivity contribution in [1.29, 1.82) is 0 Å². The molecule has 2 fully saturated rings. The highest BCUT2D eigenvalue weighted by Crippen LogP contribution is 2.22. The summed E-state index contributed by atoms with van der Waals surface area (Å²) in [7, 11) is 0. The molecule has 0 spiro atoms. The minimum absolute atomic E-state index is 0.159. The molecule has 36 heavy (non-hydrogen) atoms. The molecular weight excluding hydrogens is 462 g/mol. The maximum atomic E-state index is 13.3. The molecular formula is C26H27N5O5. The second-order valence-corrected chi connectivity index (χ2v) is 8.99. The normalized spacial score (nSPS) is 16.2. The number of likely N-dealkylation sites (tertiary alicyclic amines) is 1. The fourth-order valence-electron chi connectivity index (χ4n) is 4.56. The topological polar surface area (TPSA) is 105 Å². The largest absolute Gasteiger partial charge is 0.486 e. The maximum absolute atomic E-state index is 13.3. The highest BCUT2D eigenvalue weighted by Gasteiger charge is 2.33. The molecule has 4 amide bonds. The van der Waals surface area contributed by atoms with E-state index < -0.39 is 0 Å². The first-order chi connectivity index (χ1) is 17.4. The Balaban J connectivity index is 1.20. The first-order valence-corrected chi connectivity index (χ1v) is 12.0. The summed E-state index contributed by atoms with van der Waals surface area (Å²) in [5.74, 6) is -0.596. The van der Waals surface area contributed by atoms with Gasteiger partial charge in [-0.05, 0) is 30.7 Å². The van der Waals surface area contributed by atoms with Gasteiger partial charge in [-0.25, -0.2) is 4.98 Å². The lowest BCUT2D eigenvalue weighted by Crippen LogP contribution is -2.53. The summed E-state index contributed by atoms with van der Waals surface area (Å²) >= 11 is 0. The summed E-state index contributed by atoms with van der Waals surface area (Å²) in [5.41, 5.74) is 3.14. The van der Waals surface area contributed by atoms with Crippen LogP contribution in [0.4, 0.5) is 0 Å². The van der Waals surface area contributed by atoms with E-state index in [1.54, 1.807) is 28.0 Å². The van der Waals surface area contributed by atoms with Crippen LogP contribution in [-0.4, -0.2) is 80.4 Å². The van der Waals surface area contributed by atoms with Gasteiger partial charge in [0, 0.05) is 51.4 Å². The molecule has 0 bridgehead atoms. The molecule has 2 saturated heterocycles. The predicted molar refractivity (Wildman–Crippen MR) is 129 cm³/mol. The minimum Gasteiger partial charge on any atom is -0.486 e. The van der Waals surface area contributed by atoms with Crippen LogP contribution in [0.5, 0.6) is 5.75 Å². The van der Waals surface area contributed by atoms with Crippen LogP contribution in [0.3, 0.4) is 0 Å². The van der Waals surface area contributed by atoms with Gasteiger partial charge in [0.15, 0.2) is 0 Å². The third kappa shape index (κ3) is 4.66. The number of hydrogen-bond acceptors (Lipinski definition) is 6. The van der Waals surface area contributed by atoms with Crippen molar-refractivity contribution in [1.82, 2.24) is 24.1 Å². The first-order valence-electron chi connectivity index (χ1n) is 12.0. The second-order valence-electron chi connectivity index (χ2n) is 8.99. The molecule has 2 aliphatic rings. The fourth-order valence-corrected chi connectivity index (χ4v) is 4.56. The molecule has 0 radical (unpaired) electrons. The van der Waals surface area contributed by atoms with E-state index in [4.69, 9.17) is 4.74 Å². The number of pyridine rings is 1. The number of aryl methyl sites for hydroxylation is 1. The number of para-hydroxylation sites is 1. The monoisotopic (exact) mass is 489 g/mol. The van der Waals surface area contributed by atoms with Gasteiger partial charge in [-0.15, -0.1) is 0 Å². The molecule has 3 aromatic rings. The van der Waals surface area contributed by atoms with Gasteiger partial charge < -0.3 is 18.9 Å². The Bertz CT molecular complexity index is 1330. The molecule has 4 heterocycles. The quantitative estimate of drug-likeness (QED) is 0.488. The number of aromatic nitrogens is 2. The molecule has 1 aromatic carbocycles. The van der Waals surface area contributed by atoms with Crippen molar-refractivity contribution >= 4 is 29.3 Å². The highest BCUT2D eigenvalue weighted by molar-refractivity contribution is 6.04. The van der Waals surface area contributed by atoms with E-state index in [0.717, 1.165) is 21.8 Å². The average molecular weight is 490 g/mol. The Kier molecular flexibility index (Phi) is 6.41. The van der Waals surface area contributed by atoms with Gasteiger partial charge in [0.1, 0.15) is 24.5 Å². The zero-order valence-corrected chi connectivity index (χ0v) is 20.1. The van der Waals surface area contributed by atoms with Crippen LogP contribution in [0.1, 0.15) is 34.5 Å². The number of nitrogens with zero attached hydrogens (tertiary/aromatic N) is 5. The molecule has 2 aliphatic heterocycles. The highest BCUT2D eigenvalue weighted by atomic mass is 16.5. The van der Waals surface area contributed by atoms with Gasteiger partial charge in [-0.3, -0.25) is 24.1 Å². The van der Waals surface area contributed by atoms with Crippen molar-refractivity contribution < 1.29 is 23.9 Å². The van der Waals surface area contributed by atoms with Crippen LogP contribution in [0, 0.1) is 6.92 Å². The predicted octanol–water partition coefficient (Wildman–Crippen LogP) is 1.66. The number of ether oxygens (including phenoxy) is 1. The number of benzene rings is 1. The SMILES string of the molecule is Cc1cccn2cc(COc3ccccc3C(=O)N3CCN(C(=O)CN4C(=O)CCC4=O)CC3)nc12. The van der Waals surface area contributed by atoms with E-state index >= 15 is 0 Å². The number of piperazine rings is 1. The molecule has 186 valence electrons. The molecule has 2 aromatic heterocycles. The number of imidazole rings is 1. The van der Waals surface area contributed by atoms with Crippen molar-refractivity contribution in [3.05, 3.63) is 65.6 Å². The number of rotatable bonds is 6. The number of carbonyl (C=O) groups is 4. The lowest BCUT2D eigenvalue weighted by Gasteiger charge is -2.35. The standard InChI is InChI=1S/C26H27N5O5/c1-18-5-4-10-30-15-19(27-25(18)30)17-36-21-7-3-2-6-20(21)26(35)29-13-11-28(12-14-29)24(34)16-31-22(32)8-9-23(31)33/h2-7,10,15H,8-9,11-14,16-17H2,1H3. The lowest BCUT2D eigenvalue weighted by atomic mass is 10.1. The Morgan fingerprint density at radius 2 is 1.64 bits per heavy atom. The van der Waals surface area contributed by atoms with E-state index in [2.05, 4.69) is 4.98 Å². The van der Waals surface area contributed by atoms with Gasteiger partial charge in [0.25, 0.3) is 5.91 Å². The molecule has 0 saturated carbocycles.